The molecular formula is C32H47NO6. The highest BCUT2D eigenvalue weighted by atomic mass is 16.6. The van der Waals surface area contributed by atoms with Crippen LogP contribution in [0.5, 0.6) is 0 Å². The third kappa shape index (κ3) is 11.9. The lowest BCUT2D eigenvalue weighted by Crippen LogP contribution is -2.48. The molecule has 0 aliphatic carbocycles. The molecule has 216 valence electrons. The second kappa shape index (κ2) is 14.7. The summed E-state index contributed by atoms with van der Waals surface area (Å²) in [7, 11) is 1.50. The van der Waals surface area contributed by atoms with Crippen molar-refractivity contribution in [3.63, 3.8) is 0 Å². The summed E-state index contributed by atoms with van der Waals surface area (Å²) >= 11 is 0. The molecule has 7 nitrogen and oxygen atoms in total. The number of hydrogen-bond donors (Lipinski definition) is 0. The lowest BCUT2D eigenvalue weighted by atomic mass is 9.86. The zero-order valence-electron chi connectivity index (χ0n) is 25.2. The fourth-order valence-corrected chi connectivity index (χ4v) is 3.64. The van der Waals surface area contributed by atoms with Gasteiger partial charge >= 0.3 is 18.0 Å². The van der Waals surface area contributed by atoms with Crippen molar-refractivity contribution in [1.29, 1.82) is 0 Å². The maximum atomic E-state index is 13.5. The normalized spacial score (nSPS) is 13.7. The summed E-state index contributed by atoms with van der Waals surface area (Å²) in [5, 5.41) is 0. The molecule has 0 saturated heterocycles. The highest BCUT2D eigenvalue weighted by Crippen LogP contribution is 2.23. The van der Waals surface area contributed by atoms with Crippen molar-refractivity contribution in [2.75, 3.05) is 13.7 Å². The van der Waals surface area contributed by atoms with E-state index >= 15 is 0 Å². The summed E-state index contributed by atoms with van der Waals surface area (Å²) in [6.45, 7) is 22.8. The maximum Gasteiger partial charge on any atom is 0.410 e. The number of carbonyl (C=O) groups is 3. The molecule has 39 heavy (non-hydrogen) atoms. The lowest BCUT2D eigenvalue weighted by molar-refractivity contribution is -0.170. The number of hydrogen-bond acceptors (Lipinski definition) is 6. The molecule has 0 N–H and O–H groups in total. The zero-order valence-corrected chi connectivity index (χ0v) is 25.2. The molecule has 0 aromatic heterocycles. The van der Waals surface area contributed by atoms with E-state index in [-0.39, 0.29) is 24.4 Å². The van der Waals surface area contributed by atoms with Crippen molar-refractivity contribution >= 4 is 18.0 Å². The van der Waals surface area contributed by atoms with Gasteiger partial charge in [-0.1, -0.05) is 90.3 Å². The van der Waals surface area contributed by atoms with Crippen LogP contribution in [0, 0.1) is 5.92 Å². The first kappa shape index (κ1) is 33.7. The third-order valence-electron chi connectivity index (χ3n) is 5.85. The lowest BCUT2D eigenvalue weighted by Gasteiger charge is -2.31. The Hall–Kier alpha value is -3.35. The number of carbonyl (C=O) groups excluding carboxylic acids is 3. The summed E-state index contributed by atoms with van der Waals surface area (Å²) < 4.78 is 16.7. The van der Waals surface area contributed by atoms with Crippen molar-refractivity contribution in [2.24, 2.45) is 5.92 Å². The van der Waals surface area contributed by atoms with Crippen LogP contribution in [0.15, 0.2) is 61.2 Å². The molecule has 0 bridgehead atoms. The van der Waals surface area contributed by atoms with Gasteiger partial charge in [-0.15, -0.1) is 0 Å². The molecule has 1 rings (SSSR count). The molecule has 0 spiro atoms. The van der Waals surface area contributed by atoms with E-state index in [0.717, 1.165) is 11.1 Å². The molecule has 1 amide bonds. The summed E-state index contributed by atoms with van der Waals surface area (Å²) in [5.74, 6) is -1.32. The number of benzene rings is 1. The Balaban J connectivity index is 3.26. The van der Waals surface area contributed by atoms with Crippen LogP contribution in [0.3, 0.4) is 0 Å². The van der Waals surface area contributed by atoms with Crippen molar-refractivity contribution in [3.05, 3.63) is 72.4 Å². The number of esters is 2. The maximum absolute atomic E-state index is 13.5. The van der Waals surface area contributed by atoms with Gasteiger partial charge in [0.25, 0.3) is 0 Å². The van der Waals surface area contributed by atoms with E-state index in [1.54, 1.807) is 39.0 Å². The van der Waals surface area contributed by atoms with Crippen molar-refractivity contribution < 1.29 is 28.6 Å². The molecule has 1 aromatic rings. The minimum Gasteiger partial charge on any atom is -0.458 e. The van der Waals surface area contributed by atoms with Gasteiger partial charge in [0, 0.05) is 13.5 Å². The average Bonchev–Trinajstić information content (AvgIpc) is 2.82. The van der Waals surface area contributed by atoms with E-state index in [9.17, 15) is 14.4 Å². The van der Waals surface area contributed by atoms with Gasteiger partial charge in [0.05, 0.1) is 0 Å². The molecule has 0 aliphatic rings. The van der Waals surface area contributed by atoms with Gasteiger partial charge in [-0.25, -0.2) is 14.4 Å². The predicted molar refractivity (Wildman–Crippen MR) is 155 cm³/mol. The van der Waals surface area contributed by atoms with Gasteiger partial charge in [0.2, 0.25) is 6.10 Å². The van der Waals surface area contributed by atoms with Gasteiger partial charge in [-0.2, -0.15) is 0 Å². The summed E-state index contributed by atoms with van der Waals surface area (Å²) in [5.41, 5.74) is 1.84. The highest BCUT2D eigenvalue weighted by molar-refractivity contribution is 5.85. The third-order valence-corrected chi connectivity index (χ3v) is 5.85. The Bertz CT molecular complexity index is 1020. The fourth-order valence-electron chi connectivity index (χ4n) is 3.64. The minimum atomic E-state index is -1.21. The first-order chi connectivity index (χ1) is 18.0. The van der Waals surface area contributed by atoms with Gasteiger partial charge < -0.3 is 14.2 Å². The highest BCUT2D eigenvalue weighted by Gasteiger charge is 2.35. The molecule has 0 fully saturated rings. The van der Waals surface area contributed by atoms with Gasteiger partial charge in [0.1, 0.15) is 18.2 Å². The molecule has 0 radical (unpaired) electrons. The Morgan fingerprint density at radius 1 is 0.974 bits per heavy atom. The average molecular weight is 542 g/mol. The SMILES string of the molecule is C=C/C=C(\C=C)COC(=O)[C@@H](Cc1ccc(C(C)(C)C)cc1)OC(=O)[C@H](CC(C)C)N(C)C(=O)OC(C)(C)C. The van der Waals surface area contributed by atoms with Gasteiger partial charge in [0.15, 0.2) is 0 Å². The van der Waals surface area contributed by atoms with Crippen molar-refractivity contribution in [1.82, 2.24) is 4.90 Å². The van der Waals surface area contributed by atoms with Crippen LogP contribution in [0.25, 0.3) is 0 Å². The van der Waals surface area contributed by atoms with Gasteiger partial charge in [-0.3, -0.25) is 4.90 Å². The van der Waals surface area contributed by atoms with Crippen molar-refractivity contribution in [3.8, 4) is 0 Å². The van der Waals surface area contributed by atoms with Crippen LogP contribution < -0.4 is 0 Å². The first-order valence-electron chi connectivity index (χ1n) is 13.3. The molecule has 2 atom stereocenters. The summed E-state index contributed by atoms with van der Waals surface area (Å²) in [4.78, 5) is 40.6. The molecule has 0 unspecified atom stereocenters. The van der Waals surface area contributed by atoms with Crippen LogP contribution in [0.2, 0.25) is 0 Å². The Labute approximate surface area is 234 Å². The Morgan fingerprint density at radius 2 is 1.56 bits per heavy atom. The predicted octanol–water partition coefficient (Wildman–Crippen LogP) is 6.56. The van der Waals surface area contributed by atoms with E-state index in [1.165, 1.54) is 11.9 Å². The molecule has 0 heterocycles. The number of rotatable bonds is 12. The Morgan fingerprint density at radius 3 is 2.03 bits per heavy atom. The largest absolute Gasteiger partial charge is 0.458 e. The van der Waals surface area contributed by atoms with E-state index in [4.69, 9.17) is 14.2 Å². The van der Waals surface area contributed by atoms with Gasteiger partial charge in [-0.05, 0) is 55.2 Å². The van der Waals surface area contributed by atoms with Crippen LogP contribution in [0.4, 0.5) is 4.79 Å². The molecule has 0 aliphatic heterocycles. The number of allylic oxidation sites excluding steroid dienone is 2. The van der Waals surface area contributed by atoms with E-state index in [0.29, 0.717) is 12.0 Å². The summed E-state index contributed by atoms with van der Waals surface area (Å²) in [6.07, 6.45) is 3.41. The molecule has 7 heteroatoms. The van der Waals surface area contributed by atoms with E-state index in [1.807, 2.05) is 38.1 Å². The fraction of sp³-hybridized carbons (Fsp3) is 0.531. The van der Waals surface area contributed by atoms with Crippen LogP contribution >= 0.6 is 0 Å². The van der Waals surface area contributed by atoms with E-state index in [2.05, 4.69) is 33.9 Å². The standard InChI is InChI=1S/C32H47NO6/c1-12-14-23(13-2)21-37-29(35)27(20-24-15-17-25(18-16-24)31(5,6)7)38-28(34)26(19-22(3)4)33(11)30(36)39-32(8,9)10/h12-18,22,26-27H,1-2,19-21H2,3-11H3/b23-14+/t26-,27+/m0/s1. The molecule has 0 saturated carbocycles. The first-order valence-corrected chi connectivity index (χ1v) is 13.3. The Kier molecular flexibility index (Phi) is 12.7. The second-order valence-corrected chi connectivity index (χ2v) is 12.1. The van der Waals surface area contributed by atoms with Crippen LogP contribution in [0.1, 0.15) is 72.9 Å². The number of ether oxygens (including phenoxy) is 3. The molecular weight excluding hydrogens is 494 g/mol. The monoisotopic (exact) mass is 541 g/mol. The van der Waals surface area contributed by atoms with Crippen molar-refractivity contribution in [2.45, 2.75) is 91.4 Å². The number of likely N-dealkylation sites (N-methyl/N-ethyl adjacent to an activating group) is 1. The van der Waals surface area contributed by atoms with Crippen LogP contribution in [-0.4, -0.2) is 54.3 Å². The van der Waals surface area contributed by atoms with Crippen LogP contribution in [-0.2, 0) is 35.6 Å². The minimum absolute atomic E-state index is 0.0295. The topological polar surface area (TPSA) is 82.1 Å². The smallest absolute Gasteiger partial charge is 0.410 e. The number of nitrogens with zero attached hydrogens (tertiary/aromatic N) is 1. The summed E-state index contributed by atoms with van der Waals surface area (Å²) in [6, 6.07) is 6.89. The van der Waals surface area contributed by atoms with E-state index < -0.39 is 35.8 Å². The quantitative estimate of drug-likeness (QED) is 0.169. The second-order valence-electron chi connectivity index (χ2n) is 12.1. The zero-order chi connectivity index (χ0) is 30.0. The number of amides is 1. The molecule has 1 aromatic carbocycles.